The van der Waals surface area contributed by atoms with E-state index in [4.69, 9.17) is 9.47 Å². The van der Waals surface area contributed by atoms with Gasteiger partial charge >= 0.3 is 0 Å². The largest absolute Gasteiger partial charge is 0.490 e. The van der Waals surface area contributed by atoms with Crippen LogP contribution in [0.25, 0.3) is 22.0 Å². The Morgan fingerprint density at radius 1 is 1.10 bits per heavy atom. The number of H-pyrrole nitrogens is 1. The van der Waals surface area contributed by atoms with Gasteiger partial charge in [0.15, 0.2) is 0 Å². The summed E-state index contributed by atoms with van der Waals surface area (Å²) in [7, 11) is 1.64. The second-order valence-corrected chi connectivity index (χ2v) is 7.34. The van der Waals surface area contributed by atoms with Crippen molar-refractivity contribution in [2.24, 2.45) is 0 Å². The second-order valence-electron chi connectivity index (χ2n) is 7.34. The number of benzene rings is 2. The molecule has 6 heteroatoms. The molecule has 1 saturated heterocycles. The van der Waals surface area contributed by atoms with Gasteiger partial charge in [-0.2, -0.15) is 0 Å². The number of rotatable bonds is 6. The molecular weight excluding hydrogens is 368 g/mol. The number of pyridine rings is 1. The summed E-state index contributed by atoms with van der Waals surface area (Å²) in [4.78, 5) is 18.1. The fourth-order valence-corrected chi connectivity index (χ4v) is 3.76. The predicted octanol–water partition coefficient (Wildman–Crippen LogP) is 3.18. The number of fused-ring (bicyclic) bond motifs is 1. The molecule has 4 rings (SSSR count). The van der Waals surface area contributed by atoms with Gasteiger partial charge < -0.3 is 24.5 Å². The maximum Gasteiger partial charge on any atom is 0.256 e. The highest BCUT2D eigenvalue weighted by Gasteiger charge is 2.18. The van der Waals surface area contributed by atoms with Crippen LogP contribution in [0.15, 0.2) is 53.3 Å². The fourth-order valence-electron chi connectivity index (χ4n) is 3.76. The number of nitrogens with one attached hydrogen (secondary N) is 1. The number of aromatic nitrogens is 1. The van der Waals surface area contributed by atoms with Gasteiger partial charge in [0, 0.05) is 36.8 Å². The molecule has 3 aromatic rings. The lowest BCUT2D eigenvalue weighted by Gasteiger charge is -2.31. The van der Waals surface area contributed by atoms with Crippen LogP contribution < -0.4 is 15.2 Å². The lowest BCUT2D eigenvalue weighted by atomic mass is 10.0. The van der Waals surface area contributed by atoms with Crippen LogP contribution in [0, 0.1) is 0 Å². The highest BCUT2D eigenvalue weighted by molar-refractivity contribution is 5.88. The number of hydrogen-bond donors (Lipinski definition) is 2. The number of aliphatic hydroxyl groups excluding tert-OH is 1. The highest BCUT2D eigenvalue weighted by Crippen LogP contribution is 2.30. The Balaban J connectivity index is 1.67. The molecule has 29 heavy (non-hydrogen) atoms. The molecule has 1 fully saturated rings. The molecule has 1 aliphatic rings. The van der Waals surface area contributed by atoms with Crippen LogP contribution in [0.5, 0.6) is 5.75 Å². The molecule has 0 atom stereocenters. The Morgan fingerprint density at radius 3 is 2.69 bits per heavy atom. The minimum absolute atomic E-state index is 0.122. The van der Waals surface area contributed by atoms with E-state index in [2.05, 4.69) is 9.88 Å². The van der Waals surface area contributed by atoms with Crippen LogP contribution in [0.3, 0.4) is 0 Å². The lowest BCUT2D eigenvalue weighted by Crippen LogP contribution is -2.35. The number of para-hydroxylation sites is 1. The van der Waals surface area contributed by atoms with Crippen molar-refractivity contribution in [1.82, 2.24) is 4.98 Å². The maximum atomic E-state index is 12.9. The van der Waals surface area contributed by atoms with E-state index in [1.54, 1.807) is 7.11 Å². The van der Waals surface area contributed by atoms with Crippen molar-refractivity contribution >= 4 is 16.5 Å². The van der Waals surface area contributed by atoms with Gasteiger partial charge in [0.05, 0.1) is 18.4 Å². The quantitative estimate of drug-likeness (QED) is 0.628. The Labute approximate surface area is 169 Å². The lowest BCUT2D eigenvalue weighted by molar-refractivity contribution is 0.145. The van der Waals surface area contributed by atoms with Crippen molar-refractivity contribution in [3.63, 3.8) is 0 Å². The highest BCUT2D eigenvalue weighted by atomic mass is 16.5. The van der Waals surface area contributed by atoms with E-state index in [0.717, 1.165) is 48.3 Å². The number of aliphatic hydroxyl groups is 1. The molecule has 0 amide bonds. The summed E-state index contributed by atoms with van der Waals surface area (Å²) in [5.74, 6) is 0.711. The number of piperidine rings is 1. The van der Waals surface area contributed by atoms with Crippen LogP contribution in [-0.2, 0) is 4.74 Å². The molecule has 1 aliphatic heterocycles. The van der Waals surface area contributed by atoms with Crippen LogP contribution in [0.4, 0.5) is 5.69 Å². The van der Waals surface area contributed by atoms with Gasteiger partial charge in [-0.3, -0.25) is 4.79 Å². The topological polar surface area (TPSA) is 74.8 Å². The summed E-state index contributed by atoms with van der Waals surface area (Å²) in [6.45, 7) is 2.54. The van der Waals surface area contributed by atoms with E-state index >= 15 is 0 Å². The third-order valence-corrected chi connectivity index (χ3v) is 5.38. The van der Waals surface area contributed by atoms with Gasteiger partial charge in [0.1, 0.15) is 12.4 Å². The minimum Gasteiger partial charge on any atom is -0.490 e. The summed E-state index contributed by atoms with van der Waals surface area (Å²) in [6, 6.07) is 15.6. The van der Waals surface area contributed by atoms with Gasteiger partial charge in [0.2, 0.25) is 0 Å². The van der Waals surface area contributed by atoms with E-state index in [1.807, 2.05) is 48.5 Å². The second kappa shape index (κ2) is 8.68. The summed E-state index contributed by atoms with van der Waals surface area (Å²) >= 11 is 0. The molecule has 0 radical (unpaired) electrons. The van der Waals surface area contributed by atoms with E-state index < -0.39 is 0 Å². The maximum absolute atomic E-state index is 12.9. The Kier molecular flexibility index (Phi) is 5.83. The van der Waals surface area contributed by atoms with Gasteiger partial charge in [-0.05, 0) is 48.6 Å². The van der Waals surface area contributed by atoms with Crippen LogP contribution in [0.1, 0.15) is 12.8 Å². The molecule has 152 valence electrons. The summed E-state index contributed by atoms with van der Waals surface area (Å²) in [6.07, 6.45) is 1.30. The van der Waals surface area contributed by atoms with Crippen molar-refractivity contribution in [1.29, 1.82) is 0 Å². The molecule has 2 N–H and O–H groups in total. The van der Waals surface area contributed by atoms with E-state index in [1.165, 1.54) is 0 Å². The van der Waals surface area contributed by atoms with E-state index in [-0.39, 0.29) is 11.7 Å². The van der Waals surface area contributed by atoms with E-state index in [0.29, 0.717) is 24.3 Å². The first-order chi connectivity index (χ1) is 14.2. The minimum atomic E-state index is -0.219. The molecule has 0 spiro atoms. The number of hydrogen-bond acceptors (Lipinski definition) is 5. The molecule has 0 saturated carbocycles. The first-order valence-corrected chi connectivity index (χ1v) is 9.97. The molecule has 0 aliphatic carbocycles. The van der Waals surface area contributed by atoms with Crippen molar-refractivity contribution in [2.75, 3.05) is 38.3 Å². The third-order valence-electron chi connectivity index (χ3n) is 5.38. The molecule has 2 heterocycles. The summed E-state index contributed by atoms with van der Waals surface area (Å²) in [5, 5.41) is 11.3. The number of ether oxygens (including phenoxy) is 2. The average molecular weight is 394 g/mol. The first kappa shape index (κ1) is 19.5. The Morgan fingerprint density at radius 2 is 1.90 bits per heavy atom. The van der Waals surface area contributed by atoms with Crippen molar-refractivity contribution in [3.8, 4) is 17.0 Å². The van der Waals surface area contributed by atoms with Gasteiger partial charge in [-0.25, -0.2) is 0 Å². The Hall–Kier alpha value is -2.83. The van der Waals surface area contributed by atoms with Crippen LogP contribution in [0.2, 0.25) is 0 Å². The molecular formula is C23H26N2O4. The van der Waals surface area contributed by atoms with Crippen molar-refractivity contribution in [2.45, 2.75) is 18.9 Å². The zero-order valence-electron chi connectivity index (χ0n) is 16.6. The normalized spacial score (nSPS) is 15.0. The molecule has 0 unspecified atom stereocenters. The van der Waals surface area contributed by atoms with Crippen LogP contribution in [-0.4, -0.2) is 49.6 Å². The number of methoxy groups -OCH3 is 1. The Bertz CT molecular complexity index is 1040. The molecule has 0 bridgehead atoms. The van der Waals surface area contributed by atoms with Gasteiger partial charge in [-0.1, -0.05) is 18.2 Å². The van der Waals surface area contributed by atoms with Crippen molar-refractivity contribution < 1.29 is 14.6 Å². The number of nitrogens with zero attached hydrogens (tertiary/aromatic N) is 1. The predicted molar refractivity (Wildman–Crippen MR) is 115 cm³/mol. The molecule has 1 aromatic heterocycles. The zero-order valence-corrected chi connectivity index (χ0v) is 16.6. The molecule has 6 nitrogen and oxygen atoms in total. The third kappa shape index (κ3) is 4.28. The summed E-state index contributed by atoms with van der Waals surface area (Å²) in [5.41, 5.74) is 2.47. The fraction of sp³-hybridized carbons (Fsp3) is 0.348. The standard InChI is InChI=1S/C23H26N2O4/c1-28-12-13-29-22-5-3-2-4-19(22)21-14-16-6-7-17(15-20(16)23(27)24-21)25-10-8-18(26)9-11-25/h2-7,14-15,18,26H,8-13H2,1H3,(H,24,27). The average Bonchev–Trinajstić information content (AvgIpc) is 2.75. The number of anilines is 1. The monoisotopic (exact) mass is 394 g/mol. The smallest absolute Gasteiger partial charge is 0.256 e. The SMILES string of the molecule is COCCOc1ccccc1-c1cc2ccc(N3CCC(O)CC3)cc2c(=O)[nH]1. The zero-order chi connectivity index (χ0) is 20.2. The first-order valence-electron chi connectivity index (χ1n) is 9.97. The van der Waals surface area contributed by atoms with Crippen LogP contribution >= 0.6 is 0 Å². The van der Waals surface area contributed by atoms with E-state index in [9.17, 15) is 9.90 Å². The number of aromatic amines is 1. The van der Waals surface area contributed by atoms with Crippen molar-refractivity contribution in [3.05, 3.63) is 58.9 Å². The summed E-state index contributed by atoms with van der Waals surface area (Å²) < 4.78 is 10.9. The molecule has 2 aromatic carbocycles. The van der Waals surface area contributed by atoms with Gasteiger partial charge in [0.25, 0.3) is 5.56 Å². The van der Waals surface area contributed by atoms with Gasteiger partial charge in [-0.15, -0.1) is 0 Å².